The molecule has 21 heavy (non-hydrogen) atoms. The molecule has 110 valence electrons. The third-order valence-electron chi connectivity index (χ3n) is 2.66. The number of aryl methyl sites for hydroxylation is 1. The molecule has 0 aliphatic heterocycles. The first kappa shape index (κ1) is 15.2. The minimum Gasteiger partial charge on any atom is -0.486 e. The lowest BCUT2D eigenvalue weighted by molar-refractivity contribution is -0.131. The van der Waals surface area contributed by atoms with Gasteiger partial charge in [-0.2, -0.15) is 0 Å². The topological polar surface area (TPSA) is 59.4 Å². The molecule has 0 unspecified atom stereocenters. The normalized spacial score (nSPS) is 11.0. The zero-order valence-electron chi connectivity index (χ0n) is 11.4. The third kappa shape index (κ3) is 4.39. The number of hydrogen-bond donors (Lipinski definition) is 1. The van der Waals surface area contributed by atoms with Crippen LogP contribution >= 0.6 is 11.3 Å². The molecule has 0 fully saturated rings. The van der Waals surface area contributed by atoms with Crippen LogP contribution in [0, 0.1) is 5.82 Å². The van der Waals surface area contributed by atoms with E-state index in [2.05, 4.69) is 4.98 Å². The highest BCUT2D eigenvalue weighted by Crippen LogP contribution is 2.22. The first-order chi connectivity index (χ1) is 10.1. The molecule has 0 aliphatic rings. The number of carboxylic acids is 1. The molecule has 2 rings (SSSR count). The Morgan fingerprint density at radius 2 is 2.14 bits per heavy atom. The van der Waals surface area contributed by atoms with Crippen molar-refractivity contribution >= 4 is 23.4 Å². The summed E-state index contributed by atoms with van der Waals surface area (Å²) in [5.41, 5.74) is 0.843. The molecule has 1 heterocycles. The summed E-state index contributed by atoms with van der Waals surface area (Å²) in [7, 11) is 0. The largest absolute Gasteiger partial charge is 0.486 e. The molecular weight excluding hydrogens is 293 g/mol. The van der Waals surface area contributed by atoms with Crippen molar-refractivity contribution in [2.75, 3.05) is 0 Å². The number of carboxylic acid groups (broad SMARTS) is 1. The number of ether oxygens (including phenoxy) is 1. The Hall–Kier alpha value is -2.21. The van der Waals surface area contributed by atoms with Gasteiger partial charge in [0.2, 0.25) is 0 Å². The molecule has 0 atom stereocenters. The maximum Gasteiger partial charge on any atom is 0.328 e. The first-order valence-corrected chi connectivity index (χ1v) is 7.18. The lowest BCUT2D eigenvalue weighted by Gasteiger charge is -2.02. The fraction of sp³-hybridized carbons (Fsp3) is 0.200. The Balaban J connectivity index is 2.06. The number of nitrogens with zero attached hydrogens (tertiary/aromatic N) is 1. The van der Waals surface area contributed by atoms with E-state index in [1.165, 1.54) is 23.5 Å². The number of carbonyl (C=O) groups is 1. The van der Waals surface area contributed by atoms with Crippen molar-refractivity contribution in [2.24, 2.45) is 0 Å². The molecule has 2 aromatic rings. The van der Waals surface area contributed by atoms with Crippen LogP contribution in [0.25, 0.3) is 6.08 Å². The lowest BCUT2D eigenvalue weighted by Crippen LogP contribution is -1.95. The second-order valence-electron chi connectivity index (χ2n) is 4.19. The minimum absolute atomic E-state index is 0.268. The SMILES string of the molecule is CCc1nc(COc2ccc(F)cc2)sc1/C=C/C(=O)O. The van der Waals surface area contributed by atoms with Crippen molar-refractivity contribution in [1.82, 2.24) is 4.98 Å². The van der Waals surface area contributed by atoms with Crippen LogP contribution in [0.15, 0.2) is 30.3 Å². The minimum atomic E-state index is -0.991. The van der Waals surface area contributed by atoms with Crippen molar-refractivity contribution in [3.05, 3.63) is 51.7 Å². The summed E-state index contributed by atoms with van der Waals surface area (Å²) in [5.74, 6) is -0.743. The molecule has 0 saturated heterocycles. The quantitative estimate of drug-likeness (QED) is 0.830. The van der Waals surface area contributed by atoms with E-state index in [0.29, 0.717) is 12.2 Å². The van der Waals surface area contributed by atoms with Gasteiger partial charge in [0.1, 0.15) is 23.2 Å². The molecule has 0 spiro atoms. The number of aromatic nitrogens is 1. The van der Waals surface area contributed by atoms with Gasteiger partial charge in [0.05, 0.1) is 10.6 Å². The van der Waals surface area contributed by atoms with Gasteiger partial charge < -0.3 is 9.84 Å². The Morgan fingerprint density at radius 3 is 2.76 bits per heavy atom. The van der Waals surface area contributed by atoms with Crippen LogP contribution in [-0.2, 0) is 17.8 Å². The van der Waals surface area contributed by atoms with E-state index in [0.717, 1.165) is 21.7 Å². The maximum atomic E-state index is 12.8. The van der Waals surface area contributed by atoms with Crippen LogP contribution < -0.4 is 4.74 Å². The number of hydrogen-bond acceptors (Lipinski definition) is 4. The zero-order chi connectivity index (χ0) is 15.2. The Bertz CT molecular complexity index is 649. The Kier molecular flexibility index (Phi) is 5.05. The lowest BCUT2D eigenvalue weighted by atomic mass is 10.3. The van der Waals surface area contributed by atoms with Crippen LogP contribution in [0.1, 0.15) is 22.5 Å². The smallest absolute Gasteiger partial charge is 0.328 e. The molecule has 1 N–H and O–H groups in total. The van der Waals surface area contributed by atoms with E-state index in [1.54, 1.807) is 18.2 Å². The molecular formula is C15H14FNO3S. The molecule has 1 aromatic carbocycles. The molecule has 1 aromatic heterocycles. The number of halogens is 1. The predicted octanol–water partition coefficient (Wildman–Crippen LogP) is 3.52. The molecule has 6 heteroatoms. The summed E-state index contributed by atoms with van der Waals surface area (Å²) in [5, 5.41) is 9.41. The highest BCUT2D eigenvalue weighted by molar-refractivity contribution is 7.12. The van der Waals surface area contributed by atoms with Gasteiger partial charge in [0.25, 0.3) is 0 Å². The van der Waals surface area contributed by atoms with Gasteiger partial charge >= 0.3 is 5.97 Å². The van der Waals surface area contributed by atoms with Crippen molar-refractivity contribution in [3.8, 4) is 5.75 Å². The summed E-state index contributed by atoms with van der Waals surface area (Å²) in [6.45, 7) is 2.22. The van der Waals surface area contributed by atoms with Crippen LogP contribution in [0.4, 0.5) is 4.39 Å². The fourth-order valence-electron chi connectivity index (χ4n) is 1.68. The third-order valence-corrected chi connectivity index (χ3v) is 3.70. The van der Waals surface area contributed by atoms with Crippen molar-refractivity contribution in [2.45, 2.75) is 20.0 Å². The molecule has 4 nitrogen and oxygen atoms in total. The summed E-state index contributed by atoms with van der Waals surface area (Å²) in [6, 6.07) is 5.76. The second kappa shape index (κ2) is 6.99. The number of rotatable bonds is 6. The van der Waals surface area contributed by atoms with E-state index in [1.807, 2.05) is 6.92 Å². The Labute approximate surface area is 125 Å². The van der Waals surface area contributed by atoms with Gasteiger partial charge in [-0.25, -0.2) is 14.2 Å². The van der Waals surface area contributed by atoms with Gasteiger partial charge in [0, 0.05) is 6.08 Å². The van der Waals surface area contributed by atoms with Crippen LogP contribution in [0.5, 0.6) is 5.75 Å². The molecule has 0 amide bonds. The number of thiazole rings is 1. The molecule has 0 saturated carbocycles. The fourth-order valence-corrected chi connectivity index (χ4v) is 2.65. The Morgan fingerprint density at radius 1 is 1.43 bits per heavy atom. The van der Waals surface area contributed by atoms with Gasteiger partial charge in [0.15, 0.2) is 0 Å². The van der Waals surface area contributed by atoms with Gasteiger partial charge in [-0.3, -0.25) is 0 Å². The van der Waals surface area contributed by atoms with E-state index in [9.17, 15) is 9.18 Å². The average Bonchev–Trinajstić information content (AvgIpc) is 2.87. The van der Waals surface area contributed by atoms with E-state index < -0.39 is 5.97 Å². The van der Waals surface area contributed by atoms with Crippen LogP contribution in [0.3, 0.4) is 0 Å². The predicted molar refractivity (Wildman–Crippen MR) is 78.9 cm³/mol. The molecule has 0 aliphatic carbocycles. The van der Waals surface area contributed by atoms with Gasteiger partial charge in [-0.05, 0) is 36.8 Å². The van der Waals surface area contributed by atoms with E-state index >= 15 is 0 Å². The van der Waals surface area contributed by atoms with Crippen LogP contribution in [0.2, 0.25) is 0 Å². The summed E-state index contributed by atoms with van der Waals surface area (Å²) < 4.78 is 18.3. The molecule has 0 bridgehead atoms. The average molecular weight is 307 g/mol. The molecule has 0 radical (unpaired) electrons. The summed E-state index contributed by atoms with van der Waals surface area (Å²) in [4.78, 5) is 15.8. The van der Waals surface area contributed by atoms with Crippen molar-refractivity contribution in [1.29, 1.82) is 0 Å². The van der Waals surface area contributed by atoms with Crippen LogP contribution in [-0.4, -0.2) is 16.1 Å². The standard InChI is InChI=1S/C15H14FNO3S/c1-2-12-13(7-8-15(18)19)21-14(17-12)9-20-11-5-3-10(16)4-6-11/h3-8H,2,9H2,1H3,(H,18,19)/b8-7+. The number of aliphatic carboxylic acids is 1. The van der Waals surface area contributed by atoms with E-state index in [4.69, 9.17) is 9.84 Å². The first-order valence-electron chi connectivity index (χ1n) is 6.36. The second-order valence-corrected chi connectivity index (χ2v) is 5.30. The summed E-state index contributed by atoms with van der Waals surface area (Å²) in [6.07, 6.45) is 3.35. The number of benzene rings is 1. The van der Waals surface area contributed by atoms with Gasteiger partial charge in [-0.1, -0.05) is 6.92 Å². The van der Waals surface area contributed by atoms with Gasteiger partial charge in [-0.15, -0.1) is 11.3 Å². The van der Waals surface area contributed by atoms with Crippen molar-refractivity contribution < 1.29 is 19.0 Å². The highest BCUT2D eigenvalue weighted by atomic mass is 32.1. The summed E-state index contributed by atoms with van der Waals surface area (Å²) >= 11 is 1.39. The van der Waals surface area contributed by atoms with E-state index in [-0.39, 0.29) is 12.4 Å². The highest BCUT2D eigenvalue weighted by Gasteiger charge is 2.08. The maximum absolute atomic E-state index is 12.8. The zero-order valence-corrected chi connectivity index (χ0v) is 12.2. The monoisotopic (exact) mass is 307 g/mol. The van der Waals surface area contributed by atoms with Crippen molar-refractivity contribution in [3.63, 3.8) is 0 Å².